The molecule has 0 saturated carbocycles. The van der Waals surface area contributed by atoms with Gasteiger partial charge in [0.15, 0.2) is 11.5 Å². The van der Waals surface area contributed by atoms with Crippen molar-refractivity contribution in [1.82, 2.24) is 15.5 Å². The van der Waals surface area contributed by atoms with Crippen molar-refractivity contribution in [3.8, 4) is 5.75 Å². The molecule has 3 atom stereocenters. The van der Waals surface area contributed by atoms with Gasteiger partial charge in [-0.05, 0) is 50.8 Å². The van der Waals surface area contributed by atoms with E-state index in [1.54, 1.807) is 0 Å². The van der Waals surface area contributed by atoms with Crippen molar-refractivity contribution in [2.45, 2.75) is 57.7 Å². The lowest BCUT2D eigenvalue weighted by Gasteiger charge is -2.30. The number of carbonyl (C=O) groups is 3. The second-order valence-electron chi connectivity index (χ2n) is 10.3. The number of nitrogens with one attached hydrogen (secondary N) is 2. The maximum absolute atomic E-state index is 13.4. The molecule has 2 heterocycles. The third kappa shape index (κ3) is 8.49. The molecule has 0 spiro atoms. The number of nitrogens with zero attached hydrogens (tertiary/aromatic N) is 1. The SMILES string of the molecule is CN(C)CCC1OCC(=O)C1NC(=O)[C@H](CC(C)(C)CCc1ccccc1)NC(=O)Oc1ccoc1. The topological polar surface area (TPSA) is 110 Å². The second-order valence-corrected chi connectivity index (χ2v) is 10.3. The minimum absolute atomic E-state index is 0.0355. The zero-order valence-electron chi connectivity index (χ0n) is 21.5. The third-order valence-corrected chi connectivity index (χ3v) is 6.32. The molecule has 2 aromatic rings. The van der Waals surface area contributed by atoms with Gasteiger partial charge in [0.05, 0.1) is 12.4 Å². The van der Waals surface area contributed by atoms with Gasteiger partial charge in [-0.2, -0.15) is 0 Å². The Morgan fingerprint density at radius 2 is 1.94 bits per heavy atom. The maximum atomic E-state index is 13.4. The number of amides is 2. The van der Waals surface area contributed by atoms with Gasteiger partial charge in [-0.25, -0.2) is 4.79 Å². The summed E-state index contributed by atoms with van der Waals surface area (Å²) in [6.45, 7) is 4.80. The lowest BCUT2D eigenvalue weighted by molar-refractivity contribution is -0.128. The zero-order valence-corrected chi connectivity index (χ0v) is 21.5. The Hall–Kier alpha value is -3.17. The monoisotopic (exact) mass is 499 g/mol. The summed E-state index contributed by atoms with van der Waals surface area (Å²) >= 11 is 0. The molecule has 2 N–H and O–H groups in total. The highest BCUT2D eigenvalue weighted by Gasteiger charge is 2.39. The Balaban J connectivity index is 1.69. The van der Waals surface area contributed by atoms with E-state index in [1.807, 2.05) is 37.2 Å². The number of ether oxygens (including phenoxy) is 2. The molecule has 0 bridgehead atoms. The highest BCUT2D eigenvalue weighted by Crippen LogP contribution is 2.29. The van der Waals surface area contributed by atoms with Gasteiger partial charge in [-0.3, -0.25) is 9.59 Å². The van der Waals surface area contributed by atoms with Crippen LogP contribution < -0.4 is 15.4 Å². The van der Waals surface area contributed by atoms with Gasteiger partial charge in [0.2, 0.25) is 5.91 Å². The molecule has 196 valence electrons. The molecule has 1 aliphatic rings. The first-order chi connectivity index (χ1) is 17.1. The first kappa shape index (κ1) is 27.4. The van der Waals surface area contributed by atoms with E-state index < -0.39 is 30.2 Å². The predicted molar refractivity (Wildman–Crippen MR) is 135 cm³/mol. The molecule has 0 aliphatic carbocycles. The standard InChI is InChI=1S/C27H37N3O6/c1-27(2,13-10-19-8-6-5-7-9-19)16-21(28-26(33)36-20-12-15-34-17-20)25(32)29-24-22(31)18-35-23(24)11-14-30(3)4/h5-9,12,15,17,21,23-24H,10-11,13-14,16,18H2,1-4H3,(H,28,33)(H,29,32)/t21-,23?,24?/m0/s1. The minimum atomic E-state index is -0.905. The number of rotatable bonds is 12. The molecule has 1 saturated heterocycles. The number of furan rings is 1. The Morgan fingerprint density at radius 3 is 2.61 bits per heavy atom. The van der Waals surface area contributed by atoms with Crippen LogP contribution in [-0.4, -0.2) is 68.1 Å². The van der Waals surface area contributed by atoms with Gasteiger partial charge < -0.3 is 29.4 Å². The van der Waals surface area contributed by atoms with E-state index in [0.717, 1.165) is 19.4 Å². The van der Waals surface area contributed by atoms with E-state index in [4.69, 9.17) is 13.9 Å². The van der Waals surface area contributed by atoms with Gasteiger partial charge in [0.1, 0.15) is 25.0 Å². The summed E-state index contributed by atoms with van der Waals surface area (Å²) in [6, 6.07) is 9.96. The summed E-state index contributed by atoms with van der Waals surface area (Å²) < 4.78 is 15.8. The fourth-order valence-electron chi connectivity index (χ4n) is 4.23. The molecule has 1 aromatic heterocycles. The summed E-state index contributed by atoms with van der Waals surface area (Å²) in [6.07, 6.45) is 4.10. The highest BCUT2D eigenvalue weighted by atomic mass is 16.6. The van der Waals surface area contributed by atoms with Crippen molar-refractivity contribution in [3.63, 3.8) is 0 Å². The number of hydrogen-bond acceptors (Lipinski definition) is 7. The van der Waals surface area contributed by atoms with Crippen LogP contribution in [0.4, 0.5) is 4.79 Å². The Morgan fingerprint density at radius 1 is 1.19 bits per heavy atom. The van der Waals surface area contributed by atoms with Crippen LogP contribution in [0.25, 0.3) is 0 Å². The van der Waals surface area contributed by atoms with Gasteiger partial charge in [0, 0.05) is 12.6 Å². The molecule has 9 heteroatoms. The van der Waals surface area contributed by atoms with Gasteiger partial charge >= 0.3 is 6.09 Å². The lowest BCUT2D eigenvalue weighted by atomic mass is 9.80. The minimum Gasteiger partial charge on any atom is -0.469 e. The molecule has 0 radical (unpaired) electrons. The van der Waals surface area contributed by atoms with E-state index in [9.17, 15) is 14.4 Å². The number of ketones is 1. The van der Waals surface area contributed by atoms with E-state index in [0.29, 0.717) is 12.8 Å². The lowest BCUT2D eigenvalue weighted by Crippen LogP contribution is -2.55. The van der Waals surface area contributed by atoms with Crippen LogP contribution in [-0.2, 0) is 20.7 Å². The van der Waals surface area contributed by atoms with Crippen LogP contribution in [0.1, 0.15) is 38.7 Å². The Kier molecular flexibility index (Phi) is 9.66. The normalized spacial score (nSPS) is 18.8. The first-order valence-electron chi connectivity index (χ1n) is 12.3. The number of aryl methyl sites for hydroxylation is 1. The van der Waals surface area contributed by atoms with Crippen molar-refractivity contribution in [1.29, 1.82) is 0 Å². The molecule has 1 aromatic carbocycles. The molecule has 1 fully saturated rings. The first-order valence-corrected chi connectivity index (χ1v) is 12.3. The van der Waals surface area contributed by atoms with E-state index in [1.165, 1.54) is 24.2 Å². The van der Waals surface area contributed by atoms with Crippen LogP contribution in [0.15, 0.2) is 53.3 Å². The second kappa shape index (κ2) is 12.7. The zero-order chi connectivity index (χ0) is 26.1. The summed E-state index contributed by atoms with van der Waals surface area (Å²) in [5.41, 5.74) is 0.915. The fraction of sp³-hybridized carbons (Fsp3) is 0.519. The van der Waals surface area contributed by atoms with Crippen LogP contribution in [0.3, 0.4) is 0 Å². The van der Waals surface area contributed by atoms with Crippen LogP contribution in [0.5, 0.6) is 5.75 Å². The van der Waals surface area contributed by atoms with Crippen molar-refractivity contribution in [3.05, 3.63) is 54.5 Å². The fourth-order valence-corrected chi connectivity index (χ4v) is 4.23. The van der Waals surface area contributed by atoms with Crippen LogP contribution >= 0.6 is 0 Å². The number of hydrogen-bond donors (Lipinski definition) is 2. The number of Topliss-reactive ketones (excluding diaryl/α,β-unsaturated/α-hetero) is 1. The maximum Gasteiger partial charge on any atom is 0.413 e. The van der Waals surface area contributed by atoms with E-state index in [2.05, 4.69) is 36.6 Å². The van der Waals surface area contributed by atoms with Crippen LogP contribution in [0.2, 0.25) is 0 Å². The predicted octanol–water partition coefficient (Wildman–Crippen LogP) is 3.19. The largest absolute Gasteiger partial charge is 0.469 e. The smallest absolute Gasteiger partial charge is 0.413 e. The number of carbonyl (C=O) groups excluding carboxylic acids is 3. The quantitative estimate of drug-likeness (QED) is 0.461. The molecule has 2 amide bonds. The van der Waals surface area contributed by atoms with Crippen molar-refractivity contribution in [2.24, 2.45) is 5.41 Å². The molecule has 2 unspecified atom stereocenters. The van der Waals surface area contributed by atoms with E-state index in [-0.39, 0.29) is 23.6 Å². The van der Waals surface area contributed by atoms with Gasteiger partial charge in [0.25, 0.3) is 0 Å². The molecular weight excluding hydrogens is 462 g/mol. The Bertz CT molecular complexity index is 990. The van der Waals surface area contributed by atoms with E-state index >= 15 is 0 Å². The average molecular weight is 500 g/mol. The summed E-state index contributed by atoms with van der Waals surface area (Å²) in [7, 11) is 3.88. The summed E-state index contributed by atoms with van der Waals surface area (Å²) in [4.78, 5) is 40.5. The molecule has 3 rings (SSSR count). The van der Waals surface area contributed by atoms with Crippen molar-refractivity contribution < 1.29 is 28.3 Å². The van der Waals surface area contributed by atoms with Crippen molar-refractivity contribution in [2.75, 3.05) is 27.2 Å². The van der Waals surface area contributed by atoms with Gasteiger partial charge in [-0.1, -0.05) is 44.2 Å². The highest BCUT2D eigenvalue weighted by molar-refractivity contribution is 5.94. The summed E-state index contributed by atoms with van der Waals surface area (Å²) in [5, 5.41) is 5.53. The van der Waals surface area contributed by atoms with Crippen LogP contribution in [0, 0.1) is 5.41 Å². The molecule has 9 nitrogen and oxygen atoms in total. The average Bonchev–Trinajstić information content (AvgIpc) is 3.46. The summed E-state index contributed by atoms with van der Waals surface area (Å²) in [5.74, 6) is -0.376. The van der Waals surface area contributed by atoms with Gasteiger partial charge in [-0.15, -0.1) is 0 Å². The number of benzene rings is 1. The van der Waals surface area contributed by atoms with Crippen molar-refractivity contribution >= 4 is 17.8 Å². The molecular formula is C27H37N3O6. The third-order valence-electron chi connectivity index (χ3n) is 6.32. The molecule has 36 heavy (non-hydrogen) atoms. The molecule has 1 aliphatic heterocycles. The Labute approximate surface area is 212 Å².